The van der Waals surface area contributed by atoms with Gasteiger partial charge in [0.05, 0.1) is 29.6 Å². The molecule has 2 aromatic carbocycles. The predicted octanol–water partition coefficient (Wildman–Crippen LogP) is 4.28. The molecule has 0 bridgehead atoms. The molecule has 30 heavy (non-hydrogen) atoms. The molecule has 0 saturated heterocycles. The molecule has 4 aromatic rings. The van der Waals surface area contributed by atoms with E-state index >= 15 is 0 Å². The number of nitrogens with zero attached hydrogens (tertiary/aromatic N) is 3. The average Bonchev–Trinajstić information content (AvgIpc) is 3.43. The molecule has 1 aliphatic heterocycles. The third-order valence-electron chi connectivity index (χ3n) is 4.73. The van der Waals surface area contributed by atoms with Gasteiger partial charge in [-0.05, 0) is 42.5 Å². The normalized spacial score (nSPS) is 12.2. The van der Waals surface area contributed by atoms with E-state index in [0.29, 0.717) is 28.7 Å². The second-order valence-electron chi connectivity index (χ2n) is 6.61. The van der Waals surface area contributed by atoms with Crippen LogP contribution in [0.25, 0.3) is 10.2 Å². The van der Waals surface area contributed by atoms with Crippen LogP contribution in [0.4, 0.5) is 5.13 Å². The van der Waals surface area contributed by atoms with Crippen LogP contribution in [0.2, 0.25) is 0 Å². The number of pyridine rings is 1. The molecular weight excluding hydrogens is 402 g/mol. The van der Waals surface area contributed by atoms with E-state index in [1.165, 1.54) is 11.3 Å². The first-order valence-electron chi connectivity index (χ1n) is 9.27. The van der Waals surface area contributed by atoms with Crippen LogP contribution in [-0.2, 0) is 6.54 Å². The molecule has 7 nitrogen and oxygen atoms in total. The molecule has 8 heteroatoms. The Balaban J connectivity index is 1.55. The van der Waals surface area contributed by atoms with Gasteiger partial charge in [0.25, 0.3) is 5.91 Å². The van der Waals surface area contributed by atoms with Crippen molar-refractivity contribution in [2.24, 2.45) is 0 Å². The van der Waals surface area contributed by atoms with Crippen LogP contribution < -0.4 is 19.1 Å². The summed E-state index contributed by atoms with van der Waals surface area (Å²) in [6.07, 6.45) is 1.71. The highest BCUT2D eigenvalue weighted by atomic mass is 32.1. The number of thiazole rings is 1. The number of hydrogen-bond acceptors (Lipinski definition) is 7. The quantitative estimate of drug-likeness (QED) is 0.481. The van der Waals surface area contributed by atoms with E-state index in [1.807, 2.05) is 36.4 Å². The number of carbonyl (C=O) groups excluding carboxylic acids is 1. The summed E-state index contributed by atoms with van der Waals surface area (Å²) in [5.41, 5.74) is 2.04. The number of amides is 1. The maximum Gasteiger partial charge on any atom is 0.260 e. The molecule has 0 atom stereocenters. The third-order valence-corrected chi connectivity index (χ3v) is 5.78. The molecule has 150 valence electrons. The van der Waals surface area contributed by atoms with Crippen LogP contribution in [0.15, 0.2) is 60.8 Å². The van der Waals surface area contributed by atoms with E-state index in [9.17, 15) is 4.79 Å². The fourth-order valence-electron chi connectivity index (χ4n) is 3.20. The minimum absolute atomic E-state index is 0.157. The highest BCUT2D eigenvalue weighted by Gasteiger charge is 2.24. The van der Waals surface area contributed by atoms with E-state index in [4.69, 9.17) is 19.2 Å². The zero-order valence-corrected chi connectivity index (χ0v) is 16.9. The van der Waals surface area contributed by atoms with Crippen LogP contribution in [-0.4, -0.2) is 29.8 Å². The van der Waals surface area contributed by atoms with Crippen LogP contribution >= 0.6 is 11.3 Å². The molecule has 0 radical (unpaired) electrons. The molecule has 5 rings (SSSR count). The summed E-state index contributed by atoms with van der Waals surface area (Å²) in [4.78, 5) is 24.2. The highest BCUT2D eigenvalue weighted by Crippen LogP contribution is 2.35. The smallest absolute Gasteiger partial charge is 0.260 e. The summed E-state index contributed by atoms with van der Waals surface area (Å²) in [5, 5.41) is 0.589. The summed E-state index contributed by atoms with van der Waals surface area (Å²) in [7, 11) is 1.62. The summed E-state index contributed by atoms with van der Waals surface area (Å²) in [6.45, 7) is 0.454. The topological polar surface area (TPSA) is 73.8 Å². The van der Waals surface area contributed by atoms with Crippen molar-refractivity contribution in [1.82, 2.24) is 9.97 Å². The summed E-state index contributed by atoms with van der Waals surface area (Å²) in [6, 6.07) is 16.5. The first-order chi connectivity index (χ1) is 14.7. The lowest BCUT2D eigenvalue weighted by Gasteiger charge is -2.19. The van der Waals surface area contributed by atoms with Crippen molar-refractivity contribution < 1.29 is 19.0 Å². The molecule has 1 aliphatic rings. The predicted molar refractivity (Wildman–Crippen MR) is 113 cm³/mol. The molecule has 0 saturated carbocycles. The largest absolute Gasteiger partial charge is 0.497 e. The number of anilines is 1. The first kappa shape index (κ1) is 18.4. The van der Waals surface area contributed by atoms with E-state index in [0.717, 1.165) is 21.7 Å². The first-order valence-corrected chi connectivity index (χ1v) is 10.1. The third kappa shape index (κ3) is 3.42. The summed E-state index contributed by atoms with van der Waals surface area (Å²) in [5.74, 6) is 1.73. The minimum Gasteiger partial charge on any atom is -0.497 e. The second-order valence-corrected chi connectivity index (χ2v) is 7.62. The van der Waals surface area contributed by atoms with Gasteiger partial charge in [0.15, 0.2) is 16.6 Å². The standard InChI is InChI=1S/C22H17N3O4S/c1-27-16-6-8-20-17(11-16)24-22(30-20)25(12-15-4-2-3-9-23-15)21(26)14-5-7-18-19(10-14)29-13-28-18/h2-11H,12-13H2,1H3. The van der Waals surface area contributed by atoms with Crippen LogP contribution in [0.3, 0.4) is 0 Å². The Labute approximate surface area is 176 Å². The Morgan fingerprint density at radius 2 is 2.03 bits per heavy atom. The van der Waals surface area contributed by atoms with Crippen molar-refractivity contribution in [3.63, 3.8) is 0 Å². The number of fused-ring (bicyclic) bond motifs is 2. The Morgan fingerprint density at radius 3 is 2.87 bits per heavy atom. The van der Waals surface area contributed by atoms with Crippen molar-refractivity contribution in [3.8, 4) is 17.2 Å². The van der Waals surface area contributed by atoms with Gasteiger partial charge in [0.2, 0.25) is 6.79 Å². The zero-order valence-electron chi connectivity index (χ0n) is 16.1. The fraction of sp³-hybridized carbons (Fsp3) is 0.136. The van der Waals surface area contributed by atoms with Crippen LogP contribution in [0.1, 0.15) is 16.1 Å². The van der Waals surface area contributed by atoms with Gasteiger partial charge >= 0.3 is 0 Å². The van der Waals surface area contributed by atoms with Crippen molar-refractivity contribution >= 4 is 32.6 Å². The van der Waals surface area contributed by atoms with E-state index in [-0.39, 0.29) is 12.7 Å². The van der Waals surface area contributed by atoms with Gasteiger partial charge in [-0.1, -0.05) is 17.4 Å². The number of aromatic nitrogens is 2. The minimum atomic E-state index is -0.190. The maximum atomic E-state index is 13.5. The van der Waals surface area contributed by atoms with Gasteiger partial charge in [-0.15, -0.1) is 0 Å². The second kappa shape index (κ2) is 7.64. The molecule has 0 N–H and O–H groups in total. The highest BCUT2D eigenvalue weighted by molar-refractivity contribution is 7.22. The lowest BCUT2D eigenvalue weighted by Crippen LogP contribution is -2.30. The van der Waals surface area contributed by atoms with Crippen molar-refractivity contribution in [3.05, 3.63) is 72.1 Å². The molecule has 2 aromatic heterocycles. The molecule has 1 amide bonds. The lowest BCUT2D eigenvalue weighted by molar-refractivity contribution is 0.0984. The van der Waals surface area contributed by atoms with E-state index < -0.39 is 0 Å². The molecule has 0 fully saturated rings. The van der Waals surface area contributed by atoms with Gasteiger partial charge in [-0.2, -0.15) is 0 Å². The van der Waals surface area contributed by atoms with Crippen LogP contribution in [0, 0.1) is 0 Å². The van der Waals surface area contributed by atoms with Gasteiger partial charge in [-0.3, -0.25) is 14.7 Å². The average molecular weight is 419 g/mol. The van der Waals surface area contributed by atoms with E-state index in [2.05, 4.69) is 4.98 Å². The number of hydrogen-bond donors (Lipinski definition) is 0. The maximum absolute atomic E-state index is 13.5. The lowest BCUT2D eigenvalue weighted by atomic mass is 10.1. The van der Waals surface area contributed by atoms with Gasteiger partial charge in [-0.25, -0.2) is 4.98 Å². The van der Waals surface area contributed by atoms with Gasteiger partial charge < -0.3 is 14.2 Å². The number of carbonyl (C=O) groups is 1. The molecule has 0 unspecified atom stereocenters. The fourth-order valence-corrected chi connectivity index (χ4v) is 4.15. The van der Waals surface area contributed by atoms with Crippen molar-refractivity contribution in [2.45, 2.75) is 6.54 Å². The van der Waals surface area contributed by atoms with E-state index in [1.54, 1.807) is 36.4 Å². The van der Waals surface area contributed by atoms with Crippen molar-refractivity contribution in [1.29, 1.82) is 0 Å². The number of ether oxygens (including phenoxy) is 3. The molecular formula is C22H17N3O4S. The Morgan fingerprint density at radius 1 is 1.13 bits per heavy atom. The van der Waals surface area contributed by atoms with Crippen LogP contribution in [0.5, 0.6) is 17.2 Å². The number of methoxy groups -OCH3 is 1. The molecule has 0 spiro atoms. The Kier molecular flexibility index (Phi) is 4.68. The molecule has 3 heterocycles. The number of rotatable bonds is 5. The Bertz CT molecular complexity index is 1230. The Hall–Kier alpha value is -3.65. The van der Waals surface area contributed by atoms with Crippen molar-refractivity contribution in [2.75, 3.05) is 18.8 Å². The monoisotopic (exact) mass is 419 g/mol. The molecule has 0 aliphatic carbocycles. The van der Waals surface area contributed by atoms with Gasteiger partial charge in [0.1, 0.15) is 5.75 Å². The summed E-state index contributed by atoms with van der Waals surface area (Å²) < 4.78 is 17.1. The van der Waals surface area contributed by atoms with Gasteiger partial charge in [0, 0.05) is 17.8 Å². The zero-order chi connectivity index (χ0) is 20.5. The SMILES string of the molecule is COc1ccc2sc(N(Cc3ccccn3)C(=O)c3ccc4c(c3)OCO4)nc2c1. The summed E-state index contributed by atoms with van der Waals surface area (Å²) >= 11 is 1.45. The number of benzene rings is 2.